The topological polar surface area (TPSA) is 58.6 Å². The fourth-order valence-corrected chi connectivity index (χ4v) is 5.35. The van der Waals surface area contributed by atoms with Gasteiger partial charge in [-0.2, -0.15) is 0 Å². The summed E-state index contributed by atoms with van der Waals surface area (Å²) in [5, 5.41) is 3.74. The second-order valence-corrected chi connectivity index (χ2v) is 8.89. The van der Waals surface area contributed by atoms with Gasteiger partial charge in [0.25, 0.3) is 11.8 Å². The van der Waals surface area contributed by atoms with Crippen LogP contribution in [0.25, 0.3) is 0 Å². The van der Waals surface area contributed by atoms with E-state index in [9.17, 15) is 9.59 Å². The van der Waals surface area contributed by atoms with Crippen molar-refractivity contribution in [3.05, 3.63) is 51.4 Å². The second-order valence-electron chi connectivity index (χ2n) is 7.78. The molecule has 1 aliphatic heterocycles. The zero-order valence-electron chi connectivity index (χ0n) is 16.4. The first-order valence-electron chi connectivity index (χ1n) is 9.92. The molecule has 0 spiro atoms. The molecule has 0 unspecified atom stereocenters. The van der Waals surface area contributed by atoms with Crippen molar-refractivity contribution < 1.29 is 14.3 Å². The Hall–Kier alpha value is -2.18. The molecule has 1 aromatic carbocycles. The number of thiophene rings is 1. The van der Waals surface area contributed by atoms with Crippen molar-refractivity contribution in [2.75, 3.05) is 31.6 Å². The Kier molecular flexibility index (Phi) is 5.51. The Morgan fingerprint density at radius 3 is 2.79 bits per heavy atom. The summed E-state index contributed by atoms with van der Waals surface area (Å²) in [5.74, 6) is 0.471. The van der Waals surface area contributed by atoms with E-state index < -0.39 is 0 Å². The van der Waals surface area contributed by atoms with Crippen molar-refractivity contribution in [2.24, 2.45) is 5.92 Å². The number of amides is 2. The molecule has 2 heterocycles. The highest BCUT2D eigenvalue weighted by Crippen LogP contribution is 2.40. The number of hydrogen-bond acceptors (Lipinski definition) is 4. The normalized spacial score (nSPS) is 19.2. The van der Waals surface area contributed by atoms with Crippen LogP contribution in [0.1, 0.15) is 50.1 Å². The first-order chi connectivity index (χ1) is 13.5. The Bertz CT molecular complexity index is 899. The van der Waals surface area contributed by atoms with Crippen LogP contribution in [0.5, 0.6) is 0 Å². The number of rotatable bonds is 3. The number of hydrogen-bond donors (Lipinski definition) is 1. The van der Waals surface area contributed by atoms with Gasteiger partial charge in [0.1, 0.15) is 5.00 Å². The van der Waals surface area contributed by atoms with Gasteiger partial charge in [0, 0.05) is 23.5 Å². The molecule has 1 N–H and O–H groups in total. The summed E-state index contributed by atoms with van der Waals surface area (Å²) in [4.78, 5) is 29.3. The smallest absolute Gasteiger partial charge is 0.257 e. The standard InChI is InChI=1S/C22H26N2O3S/c1-14-4-3-5-16(12-14)20(25)23-21-19(22(26)24-8-10-27-11-9-24)17-7-6-15(2)13-18(17)28-21/h3-5,12,15H,6-11,13H2,1-2H3,(H,23,25)/t15-/m1/s1. The number of carbonyl (C=O) groups is 2. The quantitative estimate of drug-likeness (QED) is 0.853. The van der Waals surface area contributed by atoms with Crippen molar-refractivity contribution >= 4 is 28.2 Å². The Balaban J connectivity index is 1.67. The van der Waals surface area contributed by atoms with Gasteiger partial charge in [0.2, 0.25) is 0 Å². The van der Waals surface area contributed by atoms with Gasteiger partial charge in [-0.1, -0.05) is 24.6 Å². The molecule has 0 bridgehead atoms. The number of nitrogens with one attached hydrogen (secondary N) is 1. The van der Waals surface area contributed by atoms with Crippen molar-refractivity contribution in [3.63, 3.8) is 0 Å². The molecular formula is C22H26N2O3S. The minimum Gasteiger partial charge on any atom is -0.378 e. The summed E-state index contributed by atoms with van der Waals surface area (Å²) in [6.45, 7) is 6.56. The highest BCUT2D eigenvalue weighted by Gasteiger charge is 2.31. The van der Waals surface area contributed by atoms with Gasteiger partial charge in [-0.25, -0.2) is 0 Å². The van der Waals surface area contributed by atoms with Gasteiger partial charge in [0.05, 0.1) is 18.8 Å². The van der Waals surface area contributed by atoms with Crippen LogP contribution in [0, 0.1) is 12.8 Å². The van der Waals surface area contributed by atoms with Crippen LogP contribution in [0.2, 0.25) is 0 Å². The predicted octanol–water partition coefficient (Wildman–Crippen LogP) is 3.91. The van der Waals surface area contributed by atoms with E-state index in [1.807, 2.05) is 30.0 Å². The first kappa shape index (κ1) is 19.2. The fourth-order valence-electron chi connectivity index (χ4n) is 3.95. The molecule has 1 aromatic heterocycles. The zero-order valence-corrected chi connectivity index (χ0v) is 17.2. The lowest BCUT2D eigenvalue weighted by molar-refractivity contribution is 0.0303. The molecule has 28 heavy (non-hydrogen) atoms. The lowest BCUT2D eigenvalue weighted by Crippen LogP contribution is -2.41. The minimum absolute atomic E-state index is 0.0231. The van der Waals surface area contributed by atoms with Crippen molar-refractivity contribution in [1.29, 1.82) is 0 Å². The summed E-state index contributed by atoms with van der Waals surface area (Å²) in [5.41, 5.74) is 3.50. The maximum absolute atomic E-state index is 13.3. The van der Waals surface area contributed by atoms with E-state index in [0.29, 0.717) is 48.3 Å². The van der Waals surface area contributed by atoms with Crippen LogP contribution in [-0.4, -0.2) is 43.0 Å². The molecule has 1 fully saturated rings. The largest absolute Gasteiger partial charge is 0.378 e. The average Bonchev–Trinajstić information content (AvgIpc) is 3.04. The maximum Gasteiger partial charge on any atom is 0.257 e. The van der Waals surface area contributed by atoms with Crippen LogP contribution < -0.4 is 5.32 Å². The molecule has 1 aliphatic carbocycles. The van der Waals surface area contributed by atoms with Gasteiger partial charge in [-0.15, -0.1) is 11.3 Å². The maximum atomic E-state index is 13.3. The van der Waals surface area contributed by atoms with E-state index in [4.69, 9.17) is 4.74 Å². The summed E-state index contributed by atoms with van der Waals surface area (Å²) < 4.78 is 5.40. The van der Waals surface area contributed by atoms with Gasteiger partial charge in [0.15, 0.2) is 0 Å². The van der Waals surface area contributed by atoms with E-state index >= 15 is 0 Å². The summed E-state index contributed by atoms with van der Waals surface area (Å²) in [7, 11) is 0. The Morgan fingerprint density at radius 2 is 2.04 bits per heavy atom. The third-order valence-corrected chi connectivity index (χ3v) is 6.70. The van der Waals surface area contributed by atoms with E-state index in [1.54, 1.807) is 17.4 Å². The van der Waals surface area contributed by atoms with E-state index in [-0.39, 0.29) is 11.8 Å². The third-order valence-electron chi connectivity index (χ3n) is 5.53. The lowest BCUT2D eigenvalue weighted by atomic mass is 9.88. The molecule has 0 radical (unpaired) electrons. The van der Waals surface area contributed by atoms with Crippen molar-refractivity contribution in [1.82, 2.24) is 4.90 Å². The number of anilines is 1. The Labute approximate surface area is 169 Å². The van der Waals surface area contributed by atoms with Crippen LogP contribution in [-0.2, 0) is 17.6 Å². The molecular weight excluding hydrogens is 372 g/mol. The minimum atomic E-state index is -0.161. The number of benzene rings is 1. The van der Waals surface area contributed by atoms with Gasteiger partial charge < -0.3 is 15.0 Å². The third kappa shape index (κ3) is 3.84. The molecule has 4 rings (SSSR count). The molecule has 0 saturated carbocycles. The van der Waals surface area contributed by atoms with E-state index in [1.165, 1.54) is 4.88 Å². The zero-order chi connectivity index (χ0) is 19.7. The molecule has 2 amide bonds. The molecule has 148 valence electrons. The van der Waals surface area contributed by atoms with Crippen LogP contribution in [0.15, 0.2) is 24.3 Å². The number of ether oxygens (including phenoxy) is 1. The molecule has 2 aliphatic rings. The highest BCUT2D eigenvalue weighted by atomic mass is 32.1. The molecule has 2 aromatic rings. The monoisotopic (exact) mass is 398 g/mol. The van der Waals surface area contributed by atoms with Crippen LogP contribution in [0.3, 0.4) is 0 Å². The van der Waals surface area contributed by atoms with Gasteiger partial charge >= 0.3 is 0 Å². The summed E-state index contributed by atoms with van der Waals surface area (Å²) >= 11 is 1.57. The fraction of sp³-hybridized carbons (Fsp3) is 0.455. The average molecular weight is 399 g/mol. The highest BCUT2D eigenvalue weighted by molar-refractivity contribution is 7.17. The SMILES string of the molecule is Cc1cccc(C(=O)Nc2sc3c(c2C(=O)N2CCOCC2)CC[C@@H](C)C3)c1. The number of fused-ring (bicyclic) bond motifs is 1. The van der Waals surface area contributed by atoms with Crippen molar-refractivity contribution in [2.45, 2.75) is 33.1 Å². The van der Waals surface area contributed by atoms with Gasteiger partial charge in [-0.3, -0.25) is 9.59 Å². The second kappa shape index (κ2) is 8.05. The number of morpholine rings is 1. The van der Waals surface area contributed by atoms with E-state index in [2.05, 4.69) is 12.2 Å². The first-order valence-corrected chi connectivity index (χ1v) is 10.7. The number of aryl methyl sites for hydroxylation is 1. The molecule has 1 saturated heterocycles. The molecule has 1 atom stereocenters. The van der Waals surface area contributed by atoms with Crippen LogP contribution in [0.4, 0.5) is 5.00 Å². The summed E-state index contributed by atoms with van der Waals surface area (Å²) in [6.07, 6.45) is 2.96. The summed E-state index contributed by atoms with van der Waals surface area (Å²) in [6, 6.07) is 7.52. The molecule has 6 heteroatoms. The lowest BCUT2D eigenvalue weighted by Gasteiger charge is -2.28. The number of nitrogens with zero attached hydrogens (tertiary/aromatic N) is 1. The van der Waals surface area contributed by atoms with Crippen molar-refractivity contribution in [3.8, 4) is 0 Å². The predicted molar refractivity (Wildman–Crippen MR) is 111 cm³/mol. The molecule has 5 nitrogen and oxygen atoms in total. The van der Waals surface area contributed by atoms with Gasteiger partial charge in [-0.05, 0) is 49.8 Å². The Morgan fingerprint density at radius 1 is 1.25 bits per heavy atom. The number of carbonyl (C=O) groups excluding carboxylic acids is 2. The van der Waals surface area contributed by atoms with Crippen LogP contribution >= 0.6 is 11.3 Å². The van der Waals surface area contributed by atoms with E-state index in [0.717, 1.165) is 30.4 Å².